The molecule has 2 rings (SSSR count). The zero-order chi connectivity index (χ0) is 12.3. The Morgan fingerprint density at radius 1 is 1.24 bits per heavy atom. The zero-order valence-electron chi connectivity index (χ0n) is 11.1. The molecular formula is C15H22N2. The van der Waals surface area contributed by atoms with Crippen molar-refractivity contribution in [3.63, 3.8) is 0 Å². The first-order valence-electron chi connectivity index (χ1n) is 6.40. The minimum atomic E-state index is 1.05. The Bertz CT molecular complexity index is 397. The fourth-order valence-corrected chi connectivity index (χ4v) is 2.09. The zero-order valence-corrected chi connectivity index (χ0v) is 11.1. The van der Waals surface area contributed by atoms with Gasteiger partial charge in [-0.2, -0.15) is 0 Å². The molecule has 1 aromatic carbocycles. The van der Waals surface area contributed by atoms with Crippen molar-refractivity contribution in [2.45, 2.75) is 20.8 Å². The van der Waals surface area contributed by atoms with Crippen LogP contribution < -0.4 is 10.2 Å². The Hall–Kier alpha value is -1.28. The Balaban J connectivity index is 2.08. The van der Waals surface area contributed by atoms with Crippen LogP contribution in [0.4, 0.5) is 5.69 Å². The highest BCUT2D eigenvalue weighted by Crippen LogP contribution is 2.18. The summed E-state index contributed by atoms with van der Waals surface area (Å²) in [5.41, 5.74) is 5.75. The van der Waals surface area contributed by atoms with Crippen molar-refractivity contribution in [2.75, 3.05) is 31.1 Å². The van der Waals surface area contributed by atoms with Gasteiger partial charge in [0.1, 0.15) is 0 Å². The third kappa shape index (κ3) is 2.89. The van der Waals surface area contributed by atoms with Gasteiger partial charge in [-0.25, -0.2) is 0 Å². The van der Waals surface area contributed by atoms with Gasteiger partial charge in [0.25, 0.3) is 0 Å². The van der Waals surface area contributed by atoms with Gasteiger partial charge in [0.05, 0.1) is 0 Å². The lowest BCUT2D eigenvalue weighted by atomic mass is 10.0. The van der Waals surface area contributed by atoms with Crippen molar-refractivity contribution in [3.05, 3.63) is 41.0 Å². The smallest absolute Gasteiger partial charge is 0.0389 e. The van der Waals surface area contributed by atoms with Crippen molar-refractivity contribution in [3.8, 4) is 0 Å². The first-order chi connectivity index (χ1) is 8.20. The summed E-state index contributed by atoms with van der Waals surface area (Å²) >= 11 is 0. The van der Waals surface area contributed by atoms with Crippen molar-refractivity contribution in [1.82, 2.24) is 5.32 Å². The Morgan fingerprint density at radius 3 is 2.35 bits per heavy atom. The Labute approximate surface area is 104 Å². The molecule has 92 valence electrons. The maximum Gasteiger partial charge on any atom is 0.0389 e. The lowest BCUT2D eigenvalue weighted by Crippen LogP contribution is -2.36. The quantitative estimate of drug-likeness (QED) is 0.800. The third-order valence-corrected chi connectivity index (χ3v) is 3.49. The topological polar surface area (TPSA) is 15.3 Å². The van der Waals surface area contributed by atoms with Crippen molar-refractivity contribution in [1.29, 1.82) is 0 Å². The monoisotopic (exact) mass is 230 g/mol. The second-order valence-electron chi connectivity index (χ2n) is 4.84. The summed E-state index contributed by atoms with van der Waals surface area (Å²) in [5.74, 6) is 0. The highest BCUT2D eigenvalue weighted by atomic mass is 15.1. The van der Waals surface area contributed by atoms with Crippen LogP contribution in [0.3, 0.4) is 0 Å². The number of anilines is 1. The van der Waals surface area contributed by atoms with Crippen LogP contribution in [0.25, 0.3) is 0 Å². The molecule has 0 aromatic heterocycles. The van der Waals surface area contributed by atoms with Crippen LogP contribution in [0.2, 0.25) is 0 Å². The molecule has 1 heterocycles. The first kappa shape index (κ1) is 12.2. The van der Waals surface area contributed by atoms with Crippen LogP contribution >= 0.6 is 0 Å². The molecule has 0 amide bonds. The molecule has 0 saturated carbocycles. The molecular weight excluding hydrogens is 208 g/mol. The van der Waals surface area contributed by atoms with E-state index in [0.717, 1.165) is 26.2 Å². The summed E-state index contributed by atoms with van der Waals surface area (Å²) in [7, 11) is 0. The predicted octanol–water partition coefficient (Wildman–Crippen LogP) is 2.74. The van der Waals surface area contributed by atoms with E-state index < -0.39 is 0 Å². The molecule has 1 fully saturated rings. The molecule has 0 bridgehead atoms. The van der Waals surface area contributed by atoms with Gasteiger partial charge in [-0.3, -0.25) is 0 Å². The maximum absolute atomic E-state index is 3.30. The van der Waals surface area contributed by atoms with E-state index in [1.165, 1.54) is 16.8 Å². The maximum atomic E-state index is 3.30. The average Bonchev–Trinajstić information content (AvgIpc) is 2.25. The minimum Gasteiger partial charge on any atom is -0.368 e. The van der Waals surface area contributed by atoms with Gasteiger partial charge in [0, 0.05) is 31.9 Å². The molecule has 1 aliphatic heterocycles. The standard InChI is InChI=1S/C15H22N2/c1-4-17(11-13(3)14-9-16-10-14)15-7-5-12(2)6-8-15/h5-8,16H,4,9-11H2,1-3H3. The van der Waals surface area contributed by atoms with E-state index >= 15 is 0 Å². The van der Waals surface area contributed by atoms with Gasteiger partial charge in [0.2, 0.25) is 0 Å². The molecule has 0 atom stereocenters. The van der Waals surface area contributed by atoms with E-state index in [-0.39, 0.29) is 0 Å². The Morgan fingerprint density at radius 2 is 1.88 bits per heavy atom. The molecule has 2 heteroatoms. The summed E-state index contributed by atoms with van der Waals surface area (Å²) in [6.07, 6.45) is 0. The molecule has 0 spiro atoms. The molecule has 1 aliphatic rings. The van der Waals surface area contributed by atoms with Crippen LogP contribution in [0.1, 0.15) is 19.4 Å². The van der Waals surface area contributed by atoms with Gasteiger partial charge < -0.3 is 10.2 Å². The third-order valence-electron chi connectivity index (χ3n) is 3.49. The number of aryl methyl sites for hydroxylation is 1. The van der Waals surface area contributed by atoms with Crippen LogP contribution in [-0.4, -0.2) is 26.2 Å². The van der Waals surface area contributed by atoms with E-state index in [1.807, 2.05) is 0 Å². The van der Waals surface area contributed by atoms with E-state index in [4.69, 9.17) is 0 Å². The molecule has 2 nitrogen and oxygen atoms in total. The number of hydrogen-bond acceptors (Lipinski definition) is 2. The van der Waals surface area contributed by atoms with Crippen molar-refractivity contribution < 1.29 is 0 Å². The van der Waals surface area contributed by atoms with Crippen LogP contribution in [0, 0.1) is 6.92 Å². The second-order valence-corrected chi connectivity index (χ2v) is 4.84. The van der Waals surface area contributed by atoms with Crippen LogP contribution in [0.5, 0.6) is 0 Å². The lowest BCUT2D eigenvalue weighted by molar-refractivity contribution is 0.651. The second kappa shape index (κ2) is 5.37. The van der Waals surface area contributed by atoms with E-state index in [9.17, 15) is 0 Å². The largest absolute Gasteiger partial charge is 0.368 e. The molecule has 0 aliphatic carbocycles. The van der Waals surface area contributed by atoms with E-state index in [0.29, 0.717) is 0 Å². The SMILES string of the molecule is CCN(CC(C)=C1CNC1)c1ccc(C)cc1. The molecule has 0 radical (unpaired) electrons. The summed E-state index contributed by atoms with van der Waals surface area (Å²) in [5, 5.41) is 3.30. The minimum absolute atomic E-state index is 1.05. The van der Waals surface area contributed by atoms with Gasteiger partial charge >= 0.3 is 0 Å². The highest BCUT2D eigenvalue weighted by Gasteiger charge is 2.13. The summed E-state index contributed by atoms with van der Waals surface area (Å²) in [6.45, 7) is 10.9. The van der Waals surface area contributed by atoms with Gasteiger partial charge in [-0.05, 0) is 38.5 Å². The molecule has 17 heavy (non-hydrogen) atoms. The summed E-state index contributed by atoms with van der Waals surface area (Å²) in [4.78, 5) is 2.43. The Kier molecular flexibility index (Phi) is 3.85. The summed E-state index contributed by atoms with van der Waals surface area (Å²) in [6, 6.07) is 8.81. The van der Waals surface area contributed by atoms with Crippen LogP contribution in [-0.2, 0) is 0 Å². The lowest BCUT2D eigenvalue weighted by Gasteiger charge is -2.28. The van der Waals surface area contributed by atoms with Crippen molar-refractivity contribution in [2.24, 2.45) is 0 Å². The highest BCUT2D eigenvalue weighted by molar-refractivity contribution is 5.49. The molecule has 1 aromatic rings. The number of nitrogens with one attached hydrogen (secondary N) is 1. The molecule has 1 N–H and O–H groups in total. The number of hydrogen-bond donors (Lipinski definition) is 1. The molecule has 0 unspecified atom stereocenters. The first-order valence-corrected chi connectivity index (χ1v) is 6.40. The average molecular weight is 230 g/mol. The van der Waals surface area contributed by atoms with Gasteiger partial charge in [-0.1, -0.05) is 23.3 Å². The number of nitrogens with zero attached hydrogens (tertiary/aromatic N) is 1. The number of likely N-dealkylation sites (N-methyl/N-ethyl adjacent to an activating group) is 1. The number of rotatable bonds is 4. The predicted molar refractivity (Wildman–Crippen MR) is 74.6 cm³/mol. The van der Waals surface area contributed by atoms with Crippen LogP contribution in [0.15, 0.2) is 35.4 Å². The van der Waals surface area contributed by atoms with Gasteiger partial charge in [0.15, 0.2) is 0 Å². The van der Waals surface area contributed by atoms with E-state index in [2.05, 4.69) is 55.3 Å². The van der Waals surface area contributed by atoms with Gasteiger partial charge in [-0.15, -0.1) is 0 Å². The summed E-state index contributed by atoms with van der Waals surface area (Å²) < 4.78 is 0. The van der Waals surface area contributed by atoms with E-state index in [1.54, 1.807) is 5.57 Å². The molecule has 1 saturated heterocycles. The fraction of sp³-hybridized carbons (Fsp3) is 0.467. The normalized spacial score (nSPS) is 14.4. The number of benzene rings is 1. The van der Waals surface area contributed by atoms with Crippen molar-refractivity contribution >= 4 is 5.69 Å². The fourth-order valence-electron chi connectivity index (χ4n) is 2.09.